The molecule has 0 radical (unpaired) electrons. The van der Waals surface area contributed by atoms with Gasteiger partial charge in [-0.2, -0.15) is 0 Å². The molecule has 20 heavy (non-hydrogen) atoms. The summed E-state index contributed by atoms with van der Waals surface area (Å²) in [6.07, 6.45) is 1.80. The molecular formula is C16H23N3O. The van der Waals surface area contributed by atoms with Gasteiger partial charge in [-0.25, -0.2) is 0 Å². The summed E-state index contributed by atoms with van der Waals surface area (Å²) in [6.45, 7) is 4.85. The van der Waals surface area contributed by atoms with Crippen LogP contribution in [0.3, 0.4) is 0 Å². The Balaban J connectivity index is 2.40. The summed E-state index contributed by atoms with van der Waals surface area (Å²) in [6, 6.07) is 9.54. The van der Waals surface area contributed by atoms with Crippen molar-refractivity contribution in [1.29, 1.82) is 0 Å². The summed E-state index contributed by atoms with van der Waals surface area (Å²) in [5, 5.41) is 4.41. The number of nitrogens with zero attached hydrogens (tertiary/aromatic N) is 1. The Labute approximate surface area is 119 Å². The number of aryl methyl sites for hydroxylation is 1. The molecular weight excluding hydrogens is 250 g/mol. The molecule has 108 valence electrons. The zero-order valence-electron chi connectivity index (χ0n) is 12.4. The van der Waals surface area contributed by atoms with Crippen LogP contribution in [0.4, 0.5) is 5.69 Å². The Bertz CT molecular complexity index is 656. The van der Waals surface area contributed by atoms with Crippen LogP contribution in [0, 0.1) is 0 Å². The van der Waals surface area contributed by atoms with E-state index in [1.807, 2.05) is 24.3 Å². The second-order valence-corrected chi connectivity index (χ2v) is 5.40. The fourth-order valence-electron chi connectivity index (χ4n) is 2.33. The van der Waals surface area contributed by atoms with Gasteiger partial charge in [-0.15, -0.1) is 0 Å². The number of hydrogen-bond donors (Lipinski definition) is 2. The van der Waals surface area contributed by atoms with Crippen LogP contribution in [-0.2, 0) is 7.05 Å². The normalized spacial score (nSPS) is 11.8. The minimum Gasteiger partial charge on any atom is -0.382 e. The maximum Gasteiger partial charge on any atom is 0.252 e. The minimum absolute atomic E-state index is 0.0122. The summed E-state index contributed by atoms with van der Waals surface area (Å²) >= 11 is 0. The van der Waals surface area contributed by atoms with Crippen LogP contribution >= 0.6 is 0 Å². The van der Waals surface area contributed by atoms with Gasteiger partial charge in [0.2, 0.25) is 0 Å². The number of fused-ring (bicyclic) bond motifs is 1. The first-order chi connectivity index (χ1) is 9.50. The average molecular weight is 273 g/mol. The number of para-hydroxylation sites is 1. The molecule has 0 aliphatic heterocycles. The van der Waals surface area contributed by atoms with Gasteiger partial charge in [0, 0.05) is 36.3 Å². The molecule has 4 heteroatoms. The van der Waals surface area contributed by atoms with Crippen LogP contribution in [-0.4, -0.2) is 16.7 Å². The Morgan fingerprint density at radius 1 is 1.25 bits per heavy atom. The lowest BCUT2D eigenvalue weighted by molar-refractivity contribution is 0.418. The van der Waals surface area contributed by atoms with Crippen molar-refractivity contribution in [2.75, 3.05) is 11.9 Å². The van der Waals surface area contributed by atoms with Crippen molar-refractivity contribution in [3.8, 4) is 0 Å². The SMILES string of the molecule is CCC(N)(CC)CNc1cc(=O)n(C)c2ccccc12. The summed E-state index contributed by atoms with van der Waals surface area (Å²) in [4.78, 5) is 12.0. The van der Waals surface area contributed by atoms with Crippen molar-refractivity contribution in [3.05, 3.63) is 40.7 Å². The fraction of sp³-hybridized carbons (Fsp3) is 0.438. The van der Waals surface area contributed by atoms with Gasteiger partial charge in [0.25, 0.3) is 5.56 Å². The Morgan fingerprint density at radius 2 is 1.90 bits per heavy atom. The Morgan fingerprint density at radius 3 is 2.55 bits per heavy atom. The second kappa shape index (κ2) is 5.67. The average Bonchev–Trinajstić information content (AvgIpc) is 2.49. The molecule has 0 aliphatic rings. The molecule has 0 unspecified atom stereocenters. The molecule has 0 saturated heterocycles. The maximum absolute atomic E-state index is 12.0. The monoisotopic (exact) mass is 273 g/mol. The van der Waals surface area contributed by atoms with Crippen molar-refractivity contribution in [2.45, 2.75) is 32.2 Å². The first kappa shape index (κ1) is 14.6. The van der Waals surface area contributed by atoms with E-state index >= 15 is 0 Å². The molecule has 0 spiro atoms. The Kier molecular flexibility index (Phi) is 4.14. The second-order valence-electron chi connectivity index (χ2n) is 5.40. The summed E-state index contributed by atoms with van der Waals surface area (Å²) < 4.78 is 1.66. The van der Waals surface area contributed by atoms with Gasteiger partial charge in [-0.1, -0.05) is 32.0 Å². The van der Waals surface area contributed by atoms with E-state index in [4.69, 9.17) is 5.73 Å². The lowest BCUT2D eigenvalue weighted by Crippen LogP contribution is -2.45. The Hall–Kier alpha value is -1.81. The van der Waals surface area contributed by atoms with Gasteiger partial charge in [0.05, 0.1) is 5.52 Å². The molecule has 0 saturated carbocycles. The zero-order chi connectivity index (χ0) is 14.8. The number of nitrogens with one attached hydrogen (secondary N) is 1. The molecule has 1 aromatic heterocycles. The first-order valence-corrected chi connectivity index (χ1v) is 7.12. The lowest BCUT2D eigenvalue weighted by atomic mass is 9.94. The highest BCUT2D eigenvalue weighted by atomic mass is 16.1. The summed E-state index contributed by atoms with van der Waals surface area (Å²) in [7, 11) is 1.79. The molecule has 0 aliphatic carbocycles. The van der Waals surface area contributed by atoms with Gasteiger partial charge < -0.3 is 15.6 Å². The molecule has 0 amide bonds. The highest BCUT2D eigenvalue weighted by Gasteiger charge is 2.20. The van der Waals surface area contributed by atoms with Gasteiger partial charge >= 0.3 is 0 Å². The third kappa shape index (κ3) is 2.70. The molecule has 0 fully saturated rings. The van der Waals surface area contributed by atoms with Gasteiger partial charge in [-0.05, 0) is 18.9 Å². The molecule has 1 heterocycles. The van der Waals surface area contributed by atoms with E-state index < -0.39 is 0 Å². The van der Waals surface area contributed by atoms with Gasteiger partial charge in [0.1, 0.15) is 0 Å². The van der Waals surface area contributed by atoms with E-state index in [2.05, 4.69) is 19.2 Å². The zero-order valence-corrected chi connectivity index (χ0v) is 12.4. The van der Waals surface area contributed by atoms with Crippen molar-refractivity contribution in [2.24, 2.45) is 12.8 Å². The van der Waals surface area contributed by atoms with Crippen LogP contribution in [0.25, 0.3) is 10.9 Å². The third-order valence-electron chi connectivity index (χ3n) is 4.19. The minimum atomic E-state index is -0.234. The first-order valence-electron chi connectivity index (χ1n) is 7.12. The molecule has 2 aromatic rings. The summed E-state index contributed by atoms with van der Waals surface area (Å²) in [5.74, 6) is 0. The van der Waals surface area contributed by atoms with Gasteiger partial charge in [-0.3, -0.25) is 4.79 Å². The van der Waals surface area contributed by atoms with E-state index in [0.29, 0.717) is 6.54 Å². The molecule has 1 aromatic carbocycles. The van der Waals surface area contributed by atoms with Crippen LogP contribution in [0.5, 0.6) is 0 Å². The molecule has 2 rings (SSSR count). The number of aromatic nitrogens is 1. The number of anilines is 1. The standard InChI is InChI=1S/C16H23N3O/c1-4-16(17,5-2)11-18-13-10-15(20)19(3)14-9-7-6-8-12(13)14/h6-10,18H,4-5,11,17H2,1-3H3. The van der Waals surface area contributed by atoms with Crippen molar-refractivity contribution >= 4 is 16.6 Å². The third-order valence-corrected chi connectivity index (χ3v) is 4.19. The van der Waals surface area contributed by atoms with E-state index in [1.165, 1.54) is 0 Å². The quantitative estimate of drug-likeness (QED) is 0.879. The molecule has 0 atom stereocenters. The number of rotatable bonds is 5. The molecule has 4 nitrogen and oxygen atoms in total. The van der Waals surface area contributed by atoms with E-state index in [1.54, 1.807) is 17.7 Å². The fourth-order valence-corrected chi connectivity index (χ4v) is 2.33. The predicted molar refractivity (Wildman–Crippen MR) is 85.2 cm³/mol. The van der Waals surface area contributed by atoms with Gasteiger partial charge in [0.15, 0.2) is 0 Å². The molecule has 3 N–H and O–H groups in total. The van der Waals surface area contributed by atoms with Crippen LogP contribution in [0.1, 0.15) is 26.7 Å². The lowest BCUT2D eigenvalue weighted by Gasteiger charge is -2.27. The number of pyridine rings is 1. The van der Waals surface area contributed by atoms with Crippen molar-refractivity contribution in [1.82, 2.24) is 4.57 Å². The highest BCUT2D eigenvalue weighted by molar-refractivity contribution is 5.91. The van der Waals surface area contributed by atoms with Crippen molar-refractivity contribution in [3.63, 3.8) is 0 Å². The van der Waals surface area contributed by atoms with E-state index in [9.17, 15) is 4.79 Å². The predicted octanol–water partition coefficient (Wildman–Crippen LogP) is 2.47. The smallest absolute Gasteiger partial charge is 0.252 e. The number of benzene rings is 1. The molecule has 0 bridgehead atoms. The van der Waals surface area contributed by atoms with Crippen LogP contribution in [0.15, 0.2) is 35.1 Å². The van der Waals surface area contributed by atoms with Crippen LogP contribution < -0.4 is 16.6 Å². The number of nitrogens with two attached hydrogens (primary N) is 1. The van der Waals surface area contributed by atoms with E-state index in [-0.39, 0.29) is 11.1 Å². The van der Waals surface area contributed by atoms with Crippen molar-refractivity contribution < 1.29 is 0 Å². The maximum atomic E-state index is 12.0. The largest absolute Gasteiger partial charge is 0.382 e. The number of hydrogen-bond acceptors (Lipinski definition) is 3. The topological polar surface area (TPSA) is 60.0 Å². The van der Waals surface area contributed by atoms with E-state index in [0.717, 1.165) is 29.4 Å². The highest BCUT2D eigenvalue weighted by Crippen LogP contribution is 2.22. The summed E-state index contributed by atoms with van der Waals surface area (Å²) in [5.41, 5.74) is 7.85. The van der Waals surface area contributed by atoms with Crippen LogP contribution in [0.2, 0.25) is 0 Å².